The molecule has 1 heterocycles. The zero-order chi connectivity index (χ0) is 10.5. The van der Waals surface area contributed by atoms with Crippen molar-refractivity contribution in [3.05, 3.63) is 59.9 Å². The number of ketones is 1. The molecule has 0 N–H and O–H groups in total. The third kappa shape index (κ3) is 2.47. The fourth-order valence-electron chi connectivity index (χ4n) is 1.32. The van der Waals surface area contributed by atoms with Crippen molar-refractivity contribution in [1.29, 1.82) is 0 Å². The van der Waals surface area contributed by atoms with E-state index < -0.39 is 0 Å². The topological polar surface area (TPSA) is 42.9 Å². The Hall–Kier alpha value is -2.03. The molecule has 1 aromatic carbocycles. The summed E-state index contributed by atoms with van der Waals surface area (Å²) in [4.78, 5) is 11.7. The van der Waals surface area contributed by atoms with Crippen molar-refractivity contribution in [3.63, 3.8) is 0 Å². The van der Waals surface area contributed by atoms with Crippen LogP contribution >= 0.6 is 0 Å². The van der Waals surface area contributed by atoms with Crippen LogP contribution in [0, 0.1) is 0 Å². The zero-order valence-electron chi connectivity index (χ0n) is 8.13. The molecule has 2 rings (SSSR count). The van der Waals surface area contributed by atoms with Gasteiger partial charge >= 0.3 is 0 Å². The summed E-state index contributed by atoms with van der Waals surface area (Å²) in [6.45, 7) is 0. The van der Waals surface area contributed by atoms with Crippen LogP contribution in [0.3, 0.4) is 0 Å². The molecule has 0 aliphatic rings. The number of Topliss-reactive ketones (excluding diaryl/α,β-unsaturated/α-hetero) is 1. The Morgan fingerprint density at radius 3 is 2.53 bits per heavy atom. The van der Waals surface area contributed by atoms with Crippen LogP contribution in [0.1, 0.15) is 16.1 Å². The van der Waals surface area contributed by atoms with E-state index in [9.17, 15) is 4.79 Å². The number of hydrogen-bond acceptors (Lipinski definition) is 3. The minimum absolute atomic E-state index is 0.0658. The van der Waals surface area contributed by atoms with Gasteiger partial charge in [-0.1, -0.05) is 30.3 Å². The molecule has 0 saturated heterocycles. The summed E-state index contributed by atoms with van der Waals surface area (Å²) in [7, 11) is 0. The molecule has 0 fully saturated rings. The third-order valence-corrected chi connectivity index (χ3v) is 2.06. The highest BCUT2D eigenvalue weighted by Gasteiger charge is 2.06. The van der Waals surface area contributed by atoms with Gasteiger partial charge in [-0.3, -0.25) is 4.79 Å². The fourth-order valence-corrected chi connectivity index (χ4v) is 1.32. The average molecular weight is 198 g/mol. The molecule has 0 bridgehead atoms. The predicted octanol–water partition coefficient (Wildman–Crippen LogP) is 1.90. The fraction of sp³-hybridized carbons (Fsp3) is 0.0833. The van der Waals surface area contributed by atoms with Gasteiger partial charge in [-0.2, -0.15) is 10.2 Å². The van der Waals surface area contributed by atoms with Gasteiger partial charge in [0.25, 0.3) is 0 Å². The van der Waals surface area contributed by atoms with Gasteiger partial charge in [-0.25, -0.2) is 0 Å². The molecule has 0 spiro atoms. The Kier molecular flexibility index (Phi) is 2.83. The first-order chi connectivity index (χ1) is 7.36. The average Bonchev–Trinajstić information content (AvgIpc) is 2.31. The molecule has 0 aliphatic carbocycles. The van der Waals surface area contributed by atoms with Crippen LogP contribution in [0.4, 0.5) is 0 Å². The predicted molar refractivity (Wildman–Crippen MR) is 56.5 cm³/mol. The van der Waals surface area contributed by atoms with Crippen LogP contribution in [0.15, 0.2) is 48.7 Å². The van der Waals surface area contributed by atoms with Crippen molar-refractivity contribution in [2.24, 2.45) is 0 Å². The van der Waals surface area contributed by atoms with E-state index in [0.717, 1.165) is 0 Å². The maximum Gasteiger partial charge on any atom is 0.168 e. The number of hydrogen-bond donors (Lipinski definition) is 0. The largest absolute Gasteiger partial charge is 0.294 e. The zero-order valence-corrected chi connectivity index (χ0v) is 8.13. The van der Waals surface area contributed by atoms with Crippen molar-refractivity contribution < 1.29 is 4.79 Å². The van der Waals surface area contributed by atoms with E-state index in [-0.39, 0.29) is 5.78 Å². The minimum atomic E-state index is 0.0658. The summed E-state index contributed by atoms with van der Waals surface area (Å²) in [5.74, 6) is 0.0658. The highest BCUT2D eigenvalue weighted by atomic mass is 16.1. The number of nitrogens with zero attached hydrogens (tertiary/aromatic N) is 2. The second-order valence-electron chi connectivity index (χ2n) is 3.18. The van der Waals surface area contributed by atoms with Crippen LogP contribution in [-0.2, 0) is 6.42 Å². The quantitative estimate of drug-likeness (QED) is 0.707. The highest BCUT2D eigenvalue weighted by Crippen LogP contribution is 2.04. The summed E-state index contributed by atoms with van der Waals surface area (Å²) in [6, 6.07) is 12.8. The van der Waals surface area contributed by atoms with Crippen molar-refractivity contribution >= 4 is 5.78 Å². The SMILES string of the molecule is O=C(Cc1cccnn1)c1ccccc1. The molecule has 15 heavy (non-hydrogen) atoms. The molecular formula is C12H10N2O. The van der Waals surface area contributed by atoms with Gasteiger partial charge in [0.15, 0.2) is 5.78 Å². The molecule has 74 valence electrons. The first-order valence-electron chi connectivity index (χ1n) is 4.71. The summed E-state index contributed by atoms with van der Waals surface area (Å²) in [5.41, 5.74) is 1.41. The molecule has 3 nitrogen and oxygen atoms in total. The summed E-state index contributed by atoms with van der Waals surface area (Å²) >= 11 is 0. The normalized spacial score (nSPS) is 9.87. The lowest BCUT2D eigenvalue weighted by atomic mass is 10.1. The molecule has 0 unspecified atom stereocenters. The lowest BCUT2D eigenvalue weighted by Crippen LogP contribution is -2.05. The standard InChI is InChI=1S/C12H10N2O/c15-12(10-5-2-1-3-6-10)9-11-7-4-8-13-14-11/h1-8H,9H2. The van der Waals surface area contributed by atoms with E-state index in [1.807, 2.05) is 18.2 Å². The van der Waals surface area contributed by atoms with Gasteiger partial charge in [0.1, 0.15) is 0 Å². The molecule has 0 aliphatic heterocycles. The maximum atomic E-state index is 11.7. The van der Waals surface area contributed by atoms with Crippen LogP contribution in [0.5, 0.6) is 0 Å². The van der Waals surface area contributed by atoms with Crippen LogP contribution in [0.2, 0.25) is 0 Å². The van der Waals surface area contributed by atoms with Crippen molar-refractivity contribution in [2.45, 2.75) is 6.42 Å². The number of rotatable bonds is 3. The van der Waals surface area contributed by atoms with E-state index in [1.165, 1.54) is 0 Å². The van der Waals surface area contributed by atoms with Gasteiger partial charge < -0.3 is 0 Å². The molecular weight excluding hydrogens is 188 g/mol. The smallest absolute Gasteiger partial charge is 0.168 e. The second kappa shape index (κ2) is 4.46. The van der Waals surface area contributed by atoms with Gasteiger partial charge in [0.05, 0.1) is 12.1 Å². The molecule has 3 heteroatoms. The molecule has 0 amide bonds. The molecule has 0 atom stereocenters. The Morgan fingerprint density at radius 1 is 1.07 bits per heavy atom. The highest BCUT2D eigenvalue weighted by molar-refractivity contribution is 5.97. The third-order valence-electron chi connectivity index (χ3n) is 2.06. The van der Waals surface area contributed by atoms with Crippen molar-refractivity contribution in [3.8, 4) is 0 Å². The number of benzene rings is 1. The Labute approximate surface area is 87.8 Å². The van der Waals surface area contributed by atoms with Crippen LogP contribution < -0.4 is 0 Å². The van der Waals surface area contributed by atoms with E-state index in [1.54, 1.807) is 30.5 Å². The van der Waals surface area contributed by atoms with Crippen molar-refractivity contribution in [1.82, 2.24) is 10.2 Å². The Bertz CT molecular complexity index is 440. The maximum absolute atomic E-state index is 11.7. The van der Waals surface area contributed by atoms with Gasteiger partial charge in [-0.05, 0) is 12.1 Å². The van der Waals surface area contributed by atoms with E-state index in [0.29, 0.717) is 17.7 Å². The Balaban J connectivity index is 2.12. The first kappa shape index (κ1) is 9.52. The molecule has 0 saturated carbocycles. The van der Waals surface area contributed by atoms with E-state index in [4.69, 9.17) is 0 Å². The second-order valence-corrected chi connectivity index (χ2v) is 3.18. The van der Waals surface area contributed by atoms with Crippen LogP contribution in [-0.4, -0.2) is 16.0 Å². The lowest BCUT2D eigenvalue weighted by molar-refractivity contribution is 0.0991. The van der Waals surface area contributed by atoms with Crippen LogP contribution in [0.25, 0.3) is 0 Å². The lowest BCUT2D eigenvalue weighted by Gasteiger charge is -1.99. The summed E-state index contributed by atoms with van der Waals surface area (Å²) < 4.78 is 0. The molecule has 0 radical (unpaired) electrons. The number of aromatic nitrogens is 2. The molecule has 2 aromatic rings. The van der Waals surface area contributed by atoms with Gasteiger partial charge in [0, 0.05) is 11.8 Å². The monoisotopic (exact) mass is 198 g/mol. The van der Waals surface area contributed by atoms with Gasteiger partial charge in [0.2, 0.25) is 0 Å². The van der Waals surface area contributed by atoms with Crippen molar-refractivity contribution in [2.75, 3.05) is 0 Å². The first-order valence-corrected chi connectivity index (χ1v) is 4.71. The van der Waals surface area contributed by atoms with Gasteiger partial charge in [-0.15, -0.1) is 0 Å². The summed E-state index contributed by atoms with van der Waals surface area (Å²) in [5, 5.41) is 7.60. The molecule has 1 aromatic heterocycles. The van der Waals surface area contributed by atoms with E-state index in [2.05, 4.69) is 10.2 Å². The minimum Gasteiger partial charge on any atom is -0.294 e. The Morgan fingerprint density at radius 2 is 1.87 bits per heavy atom. The summed E-state index contributed by atoms with van der Waals surface area (Å²) in [6.07, 6.45) is 1.90. The van der Waals surface area contributed by atoms with E-state index >= 15 is 0 Å². The number of carbonyl (C=O) groups excluding carboxylic acids is 1. The number of carbonyl (C=O) groups is 1.